The summed E-state index contributed by atoms with van der Waals surface area (Å²) in [6.07, 6.45) is 6.12. The zero-order chi connectivity index (χ0) is 12.1. The highest BCUT2D eigenvalue weighted by Crippen LogP contribution is 2.09. The second-order valence-corrected chi connectivity index (χ2v) is 4.42. The lowest BCUT2D eigenvalue weighted by molar-refractivity contribution is -0.132. The normalized spacial score (nSPS) is 20.2. The second-order valence-electron chi connectivity index (χ2n) is 4.42. The zero-order valence-electron chi connectivity index (χ0n) is 10.2. The molecule has 1 fully saturated rings. The fraction of sp³-hybridized carbons (Fsp3) is 0.727. The van der Waals surface area contributed by atoms with E-state index >= 15 is 0 Å². The minimum atomic E-state index is 0.175. The van der Waals surface area contributed by atoms with Crippen LogP contribution in [0.25, 0.3) is 0 Å². The molecule has 0 aromatic carbocycles. The lowest BCUT2D eigenvalue weighted by Gasteiger charge is -2.31. The topological polar surface area (TPSA) is 63.1 Å². The van der Waals surface area contributed by atoms with Crippen LogP contribution in [0, 0.1) is 0 Å². The van der Waals surface area contributed by atoms with Gasteiger partial charge in [0.15, 0.2) is 0 Å². The third-order valence-electron chi connectivity index (χ3n) is 3.24. The quantitative estimate of drug-likeness (QED) is 0.793. The van der Waals surface area contributed by atoms with Crippen LogP contribution in [-0.4, -0.2) is 52.0 Å². The molecule has 94 valence electrons. The number of piperidine rings is 1. The van der Waals surface area contributed by atoms with Crippen molar-refractivity contribution in [2.75, 3.05) is 20.1 Å². The molecule has 6 heteroatoms. The molecule has 1 aromatic heterocycles. The molecule has 0 saturated carbocycles. The van der Waals surface area contributed by atoms with Crippen LogP contribution >= 0.6 is 0 Å². The summed E-state index contributed by atoms with van der Waals surface area (Å²) in [7, 11) is 1.89. The van der Waals surface area contributed by atoms with Gasteiger partial charge < -0.3 is 10.2 Å². The second kappa shape index (κ2) is 5.77. The molecule has 1 atom stereocenters. The number of hydrogen-bond acceptors (Lipinski definition) is 4. The minimum Gasteiger partial charge on any atom is -0.341 e. The van der Waals surface area contributed by atoms with Gasteiger partial charge in [-0.2, -0.15) is 0 Å². The molecule has 0 bridgehead atoms. The maximum absolute atomic E-state index is 12.0. The first-order chi connectivity index (χ1) is 8.27. The molecule has 1 saturated heterocycles. The van der Waals surface area contributed by atoms with Crippen LogP contribution in [-0.2, 0) is 11.3 Å². The highest BCUT2D eigenvalue weighted by Gasteiger charge is 2.21. The van der Waals surface area contributed by atoms with Crippen LogP contribution in [0.3, 0.4) is 0 Å². The molecule has 6 nitrogen and oxygen atoms in total. The molecule has 2 heterocycles. The standard InChI is InChI=1S/C11H19N5O/c1-15(10-3-2-5-12-9-10)11(17)4-7-16-8-6-13-14-16/h6,8,10,12H,2-5,7,9H2,1H3. The number of hydrogen-bond donors (Lipinski definition) is 1. The van der Waals surface area contributed by atoms with E-state index in [0.29, 0.717) is 19.0 Å². The Morgan fingerprint density at radius 3 is 3.18 bits per heavy atom. The molecule has 1 aliphatic rings. The monoisotopic (exact) mass is 237 g/mol. The number of carbonyl (C=O) groups is 1. The van der Waals surface area contributed by atoms with Crippen molar-refractivity contribution in [1.82, 2.24) is 25.2 Å². The number of rotatable bonds is 4. The van der Waals surface area contributed by atoms with Gasteiger partial charge in [-0.1, -0.05) is 5.21 Å². The molecule has 1 amide bonds. The highest BCUT2D eigenvalue weighted by molar-refractivity contribution is 5.76. The number of carbonyl (C=O) groups excluding carboxylic acids is 1. The average Bonchev–Trinajstić information content (AvgIpc) is 2.89. The van der Waals surface area contributed by atoms with E-state index in [9.17, 15) is 4.79 Å². The maximum Gasteiger partial charge on any atom is 0.224 e. The number of nitrogens with zero attached hydrogens (tertiary/aromatic N) is 4. The highest BCUT2D eigenvalue weighted by atomic mass is 16.2. The van der Waals surface area contributed by atoms with Gasteiger partial charge in [0.2, 0.25) is 5.91 Å². The third-order valence-corrected chi connectivity index (χ3v) is 3.24. The van der Waals surface area contributed by atoms with Crippen molar-refractivity contribution in [1.29, 1.82) is 0 Å². The van der Waals surface area contributed by atoms with E-state index in [-0.39, 0.29) is 5.91 Å². The Kier molecular flexibility index (Phi) is 4.08. The Morgan fingerprint density at radius 2 is 2.53 bits per heavy atom. The lowest BCUT2D eigenvalue weighted by Crippen LogP contribution is -2.46. The zero-order valence-corrected chi connectivity index (χ0v) is 10.2. The van der Waals surface area contributed by atoms with E-state index in [1.165, 1.54) is 0 Å². The molecule has 1 aromatic rings. The summed E-state index contributed by atoms with van der Waals surface area (Å²) >= 11 is 0. The molecule has 1 N–H and O–H groups in total. The van der Waals surface area contributed by atoms with Gasteiger partial charge in [-0.3, -0.25) is 9.48 Å². The lowest BCUT2D eigenvalue weighted by atomic mass is 10.1. The predicted molar refractivity (Wildman–Crippen MR) is 63.3 cm³/mol. The van der Waals surface area contributed by atoms with E-state index in [2.05, 4.69) is 15.6 Å². The predicted octanol–water partition coefficient (Wildman–Crippen LogP) is -0.121. The van der Waals surface area contributed by atoms with Crippen molar-refractivity contribution >= 4 is 5.91 Å². The van der Waals surface area contributed by atoms with Crippen molar-refractivity contribution in [3.8, 4) is 0 Å². The number of nitrogens with one attached hydrogen (secondary N) is 1. The molecule has 0 radical (unpaired) electrons. The van der Waals surface area contributed by atoms with Gasteiger partial charge in [0.1, 0.15) is 0 Å². The summed E-state index contributed by atoms with van der Waals surface area (Å²) in [4.78, 5) is 13.8. The summed E-state index contributed by atoms with van der Waals surface area (Å²) < 4.78 is 1.69. The summed E-state index contributed by atoms with van der Waals surface area (Å²) in [6, 6.07) is 0.340. The van der Waals surface area contributed by atoms with Crippen LogP contribution in [0.15, 0.2) is 12.4 Å². The number of likely N-dealkylation sites (N-methyl/N-ethyl adjacent to an activating group) is 1. The van der Waals surface area contributed by atoms with Crippen LogP contribution in [0.2, 0.25) is 0 Å². The summed E-state index contributed by atoms with van der Waals surface area (Å²) in [5.74, 6) is 0.175. The first-order valence-corrected chi connectivity index (χ1v) is 6.08. The Bertz CT molecular complexity index is 345. The summed E-state index contributed by atoms with van der Waals surface area (Å²) in [6.45, 7) is 2.58. The molecular weight excluding hydrogens is 218 g/mol. The van der Waals surface area contributed by atoms with Crippen molar-refractivity contribution in [3.05, 3.63) is 12.4 Å². The van der Waals surface area contributed by atoms with Crippen LogP contribution in [0.5, 0.6) is 0 Å². The first kappa shape index (κ1) is 12.0. The summed E-state index contributed by atoms with van der Waals surface area (Å²) in [5.41, 5.74) is 0. The Labute approximate surface area is 101 Å². The van der Waals surface area contributed by atoms with E-state index in [0.717, 1.165) is 25.9 Å². The molecule has 1 unspecified atom stereocenters. The van der Waals surface area contributed by atoms with Gasteiger partial charge in [0.25, 0.3) is 0 Å². The Morgan fingerprint density at radius 1 is 1.65 bits per heavy atom. The van der Waals surface area contributed by atoms with Crippen molar-refractivity contribution in [2.45, 2.75) is 31.8 Å². The maximum atomic E-state index is 12.0. The first-order valence-electron chi connectivity index (χ1n) is 6.08. The van der Waals surface area contributed by atoms with Crippen molar-refractivity contribution in [2.24, 2.45) is 0 Å². The molecule has 17 heavy (non-hydrogen) atoms. The minimum absolute atomic E-state index is 0.175. The smallest absolute Gasteiger partial charge is 0.224 e. The largest absolute Gasteiger partial charge is 0.341 e. The fourth-order valence-electron chi connectivity index (χ4n) is 2.11. The Hall–Kier alpha value is -1.43. The van der Waals surface area contributed by atoms with Gasteiger partial charge in [-0.25, -0.2) is 0 Å². The number of amides is 1. The van der Waals surface area contributed by atoms with Crippen molar-refractivity contribution in [3.63, 3.8) is 0 Å². The van der Waals surface area contributed by atoms with E-state index in [1.807, 2.05) is 11.9 Å². The third kappa shape index (κ3) is 3.26. The molecule has 0 spiro atoms. The van der Waals surface area contributed by atoms with Gasteiger partial charge >= 0.3 is 0 Å². The van der Waals surface area contributed by atoms with Gasteiger partial charge in [0, 0.05) is 32.3 Å². The van der Waals surface area contributed by atoms with E-state index in [4.69, 9.17) is 0 Å². The molecule has 0 aliphatic carbocycles. The van der Waals surface area contributed by atoms with Crippen LogP contribution in [0.4, 0.5) is 0 Å². The van der Waals surface area contributed by atoms with Gasteiger partial charge in [0.05, 0.1) is 12.7 Å². The van der Waals surface area contributed by atoms with Crippen LogP contribution < -0.4 is 5.32 Å². The van der Waals surface area contributed by atoms with Crippen molar-refractivity contribution < 1.29 is 4.79 Å². The number of aryl methyl sites for hydroxylation is 1. The molecule has 2 rings (SSSR count). The molecule has 1 aliphatic heterocycles. The van der Waals surface area contributed by atoms with E-state index < -0.39 is 0 Å². The van der Waals surface area contributed by atoms with Crippen LogP contribution in [0.1, 0.15) is 19.3 Å². The summed E-state index contributed by atoms with van der Waals surface area (Å²) in [5, 5.41) is 10.9. The van der Waals surface area contributed by atoms with Gasteiger partial charge in [-0.15, -0.1) is 5.10 Å². The Balaban J connectivity index is 1.78. The molecular formula is C11H19N5O. The SMILES string of the molecule is CN(C(=O)CCn1ccnn1)C1CCCNC1. The average molecular weight is 237 g/mol. The number of aromatic nitrogens is 3. The van der Waals surface area contributed by atoms with E-state index in [1.54, 1.807) is 17.1 Å². The fourth-order valence-corrected chi connectivity index (χ4v) is 2.11. The van der Waals surface area contributed by atoms with Gasteiger partial charge in [-0.05, 0) is 19.4 Å².